The maximum absolute atomic E-state index is 12.6. The Morgan fingerprint density at radius 3 is 2.48 bits per heavy atom. The Kier molecular flexibility index (Phi) is 3.98. The number of hydrogen-bond donors (Lipinski definition) is 1. The summed E-state index contributed by atoms with van der Waals surface area (Å²) in [6, 6.07) is 8.46. The van der Waals surface area contributed by atoms with Gasteiger partial charge in [-0.05, 0) is 50.7 Å². The summed E-state index contributed by atoms with van der Waals surface area (Å²) >= 11 is 0. The van der Waals surface area contributed by atoms with Crippen LogP contribution < -0.4 is 5.46 Å². The van der Waals surface area contributed by atoms with Gasteiger partial charge < -0.3 is 14.3 Å². The minimum atomic E-state index is -0.339. The molecular formula is C19H26BFN2O2. The van der Waals surface area contributed by atoms with Gasteiger partial charge in [-0.3, -0.25) is 9.29 Å². The Balaban J connectivity index is 1.51. The number of rotatable bonds is 4. The molecule has 2 aromatic rings. The molecule has 1 aromatic heterocycles. The van der Waals surface area contributed by atoms with E-state index >= 15 is 0 Å². The SMILES string of the molecule is CC1(C)OB(c2ccc3[nH]c(CN4CC(CF)C4)cc3c2)OC1(C)C. The Morgan fingerprint density at radius 2 is 1.84 bits per heavy atom. The Labute approximate surface area is 148 Å². The summed E-state index contributed by atoms with van der Waals surface area (Å²) in [7, 11) is -0.339. The number of H-pyrrole nitrogens is 1. The highest BCUT2D eigenvalue weighted by Gasteiger charge is 2.51. The van der Waals surface area contributed by atoms with Gasteiger partial charge in [0.2, 0.25) is 0 Å². The molecule has 134 valence electrons. The normalized spacial score (nSPS) is 23.3. The zero-order valence-corrected chi connectivity index (χ0v) is 15.4. The molecule has 25 heavy (non-hydrogen) atoms. The van der Waals surface area contributed by atoms with Crippen LogP contribution in [0, 0.1) is 5.92 Å². The van der Waals surface area contributed by atoms with Crippen molar-refractivity contribution in [3.8, 4) is 0 Å². The predicted octanol–water partition coefficient (Wildman–Crippen LogP) is 2.87. The molecule has 0 amide bonds. The molecule has 2 aliphatic heterocycles. The number of alkyl halides is 1. The molecule has 6 heteroatoms. The molecule has 4 nitrogen and oxygen atoms in total. The zero-order valence-electron chi connectivity index (χ0n) is 15.4. The van der Waals surface area contributed by atoms with Gasteiger partial charge in [0.1, 0.15) is 0 Å². The predicted molar refractivity (Wildman–Crippen MR) is 98.8 cm³/mol. The maximum Gasteiger partial charge on any atom is 0.494 e. The number of likely N-dealkylation sites (tertiary alicyclic amines) is 1. The van der Waals surface area contributed by atoms with Crippen molar-refractivity contribution < 1.29 is 13.7 Å². The molecule has 0 saturated carbocycles. The van der Waals surface area contributed by atoms with Crippen LogP contribution in [-0.4, -0.2) is 48.0 Å². The van der Waals surface area contributed by atoms with Crippen LogP contribution in [0.2, 0.25) is 0 Å². The molecule has 2 aliphatic rings. The van der Waals surface area contributed by atoms with Gasteiger partial charge in [-0.25, -0.2) is 0 Å². The minimum Gasteiger partial charge on any atom is -0.399 e. The Hall–Kier alpha value is -1.37. The van der Waals surface area contributed by atoms with E-state index in [1.807, 2.05) is 0 Å². The highest BCUT2D eigenvalue weighted by molar-refractivity contribution is 6.62. The van der Waals surface area contributed by atoms with E-state index in [4.69, 9.17) is 9.31 Å². The van der Waals surface area contributed by atoms with E-state index < -0.39 is 0 Å². The fourth-order valence-electron chi connectivity index (χ4n) is 3.57. The highest BCUT2D eigenvalue weighted by atomic mass is 19.1. The third-order valence-corrected chi connectivity index (χ3v) is 5.87. The van der Waals surface area contributed by atoms with Crippen LogP contribution in [0.1, 0.15) is 33.4 Å². The van der Waals surface area contributed by atoms with Gasteiger partial charge in [-0.15, -0.1) is 0 Å². The second-order valence-electron chi connectivity index (χ2n) is 8.44. The van der Waals surface area contributed by atoms with Gasteiger partial charge in [-0.1, -0.05) is 12.1 Å². The van der Waals surface area contributed by atoms with Crippen LogP contribution in [-0.2, 0) is 15.9 Å². The standard InChI is InChI=1S/C19H26BFN2O2/c1-18(2)19(3,4)25-20(24-18)15-5-6-17-14(7-15)8-16(22-17)12-23-10-13(9-21)11-23/h5-8,13,22H,9-12H2,1-4H3. The number of halogens is 1. The van der Waals surface area contributed by atoms with E-state index in [1.165, 1.54) is 5.69 Å². The monoisotopic (exact) mass is 344 g/mol. The summed E-state index contributed by atoms with van der Waals surface area (Å²) in [5, 5.41) is 1.16. The largest absolute Gasteiger partial charge is 0.494 e. The fraction of sp³-hybridized carbons (Fsp3) is 0.579. The molecule has 0 radical (unpaired) electrons. The van der Waals surface area contributed by atoms with Gasteiger partial charge in [0.05, 0.1) is 17.9 Å². The van der Waals surface area contributed by atoms with Crippen LogP contribution in [0.4, 0.5) is 4.39 Å². The first-order chi connectivity index (χ1) is 11.8. The molecule has 1 N–H and O–H groups in total. The number of aromatic nitrogens is 1. The van der Waals surface area contributed by atoms with Gasteiger partial charge in [-0.2, -0.15) is 0 Å². The van der Waals surface area contributed by atoms with Gasteiger partial charge >= 0.3 is 7.12 Å². The quantitative estimate of drug-likeness (QED) is 0.867. The molecule has 0 aliphatic carbocycles. The second-order valence-corrected chi connectivity index (χ2v) is 8.44. The summed E-state index contributed by atoms with van der Waals surface area (Å²) in [6.45, 7) is 10.6. The van der Waals surface area contributed by atoms with Gasteiger partial charge in [0.15, 0.2) is 0 Å². The molecular weight excluding hydrogens is 318 g/mol. The molecule has 4 rings (SSSR count). The topological polar surface area (TPSA) is 37.5 Å². The first kappa shape index (κ1) is 17.1. The number of nitrogens with one attached hydrogen (secondary N) is 1. The van der Waals surface area contributed by atoms with E-state index in [1.54, 1.807) is 0 Å². The molecule has 0 spiro atoms. The minimum absolute atomic E-state index is 0.208. The first-order valence-corrected chi connectivity index (χ1v) is 9.03. The molecule has 0 atom stereocenters. The van der Waals surface area contributed by atoms with Crippen LogP contribution in [0.25, 0.3) is 10.9 Å². The second kappa shape index (κ2) is 5.83. The molecule has 0 unspecified atom stereocenters. The fourth-order valence-corrected chi connectivity index (χ4v) is 3.57. The smallest absolute Gasteiger partial charge is 0.399 e. The summed E-state index contributed by atoms with van der Waals surface area (Å²) < 4.78 is 24.9. The first-order valence-electron chi connectivity index (χ1n) is 9.03. The van der Waals surface area contributed by atoms with Crippen molar-refractivity contribution in [3.05, 3.63) is 30.0 Å². The summed E-state index contributed by atoms with van der Waals surface area (Å²) in [5.41, 5.74) is 2.65. The van der Waals surface area contributed by atoms with E-state index in [2.05, 4.69) is 61.8 Å². The van der Waals surface area contributed by atoms with Gasteiger partial charge in [0.25, 0.3) is 0 Å². The average molecular weight is 344 g/mol. The van der Waals surface area contributed by atoms with Crippen molar-refractivity contribution in [2.75, 3.05) is 19.8 Å². The van der Waals surface area contributed by atoms with E-state index in [-0.39, 0.29) is 30.9 Å². The lowest BCUT2D eigenvalue weighted by Crippen LogP contribution is -2.46. The lowest BCUT2D eigenvalue weighted by atomic mass is 9.79. The average Bonchev–Trinajstić information content (AvgIpc) is 2.99. The van der Waals surface area contributed by atoms with Crippen molar-refractivity contribution in [1.29, 1.82) is 0 Å². The molecule has 3 heterocycles. The van der Waals surface area contributed by atoms with Crippen molar-refractivity contribution in [3.63, 3.8) is 0 Å². The van der Waals surface area contributed by atoms with Crippen LogP contribution in [0.5, 0.6) is 0 Å². The lowest BCUT2D eigenvalue weighted by Gasteiger charge is -2.37. The summed E-state index contributed by atoms with van der Waals surface area (Å²) in [5.74, 6) is 0.222. The number of fused-ring (bicyclic) bond motifs is 1. The lowest BCUT2D eigenvalue weighted by molar-refractivity contribution is 0.00578. The van der Waals surface area contributed by atoms with Crippen molar-refractivity contribution in [2.24, 2.45) is 5.92 Å². The maximum atomic E-state index is 12.6. The highest BCUT2D eigenvalue weighted by Crippen LogP contribution is 2.36. The third-order valence-electron chi connectivity index (χ3n) is 5.87. The van der Waals surface area contributed by atoms with Crippen molar-refractivity contribution >= 4 is 23.5 Å². The number of benzene rings is 1. The van der Waals surface area contributed by atoms with E-state index in [0.717, 1.165) is 36.0 Å². The molecule has 2 saturated heterocycles. The Bertz CT molecular complexity index is 767. The van der Waals surface area contributed by atoms with Crippen molar-refractivity contribution in [2.45, 2.75) is 45.4 Å². The summed E-state index contributed by atoms with van der Waals surface area (Å²) in [4.78, 5) is 5.73. The van der Waals surface area contributed by atoms with Crippen LogP contribution in [0.15, 0.2) is 24.3 Å². The van der Waals surface area contributed by atoms with E-state index in [9.17, 15) is 4.39 Å². The molecule has 2 fully saturated rings. The van der Waals surface area contributed by atoms with Crippen LogP contribution in [0.3, 0.4) is 0 Å². The van der Waals surface area contributed by atoms with Crippen LogP contribution >= 0.6 is 0 Å². The Morgan fingerprint density at radius 1 is 1.16 bits per heavy atom. The third kappa shape index (κ3) is 3.00. The zero-order chi connectivity index (χ0) is 17.8. The molecule has 0 bridgehead atoms. The van der Waals surface area contributed by atoms with Crippen molar-refractivity contribution in [1.82, 2.24) is 9.88 Å². The molecule has 1 aromatic carbocycles. The van der Waals surface area contributed by atoms with E-state index in [0.29, 0.717) is 0 Å². The van der Waals surface area contributed by atoms with Gasteiger partial charge in [0, 0.05) is 36.8 Å². The number of hydrogen-bond acceptors (Lipinski definition) is 3. The summed E-state index contributed by atoms with van der Waals surface area (Å²) in [6.07, 6.45) is 0. The number of nitrogens with zero attached hydrogens (tertiary/aromatic N) is 1. The number of aromatic amines is 1.